The Kier molecular flexibility index (Phi) is 7.44. The Hall–Kier alpha value is -4.38. The van der Waals surface area contributed by atoms with Gasteiger partial charge in [0.05, 0.1) is 31.3 Å². The van der Waals surface area contributed by atoms with E-state index in [-0.39, 0.29) is 22.9 Å². The molecule has 4 rings (SSSR count). The molecule has 0 fully saturated rings. The second-order valence-corrected chi connectivity index (χ2v) is 9.80. The Morgan fingerprint density at radius 1 is 0.946 bits per heavy atom. The van der Waals surface area contributed by atoms with Crippen LogP contribution in [-0.2, 0) is 10.0 Å². The normalized spacial score (nSPS) is 11.6. The van der Waals surface area contributed by atoms with E-state index in [1.54, 1.807) is 56.0 Å². The van der Waals surface area contributed by atoms with Gasteiger partial charge in [-0.15, -0.1) is 10.2 Å². The maximum absolute atomic E-state index is 13.8. The number of nitrogens with zero attached hydrogens (tertiary/aromatic N) is 5. The van der Waals surface area contributed by atoms with Gasteiger partial charge in [-0.2, -0.15) is 5.10 Å². The number of azo groups is 1. The van der Waals surface area contributed by atoms with Crippen molar-refractivity contribution >= 4 is 32.9 Å². The fourth-order valence-electron chi connectivity index (χ4n) is 3.81. The van der Waals surface area contributed by atoms with Gasteiger partial charge in [-0.1, -0.05) is 18.2 Å². The fraction of sp³-hybridized carbons (Fsp3) is 0.192. The van der Waals surface area contributed by atoms with Crippen molar-refractivity contribution in [2.75, 3.05) is 30.8 Å². The smallest absolute Gasteiger partial charge is 0.266 e. The molecule has 2 N–H and O–H groups in total. The van der Waals surface area contributed by atoms with Crippen LogP contribution in [0.25, 0.3) is 5.69 Å². The van der Waals surface area contributed by atoms with Crippen molar-refractivity contribution in [1.29, 1.82) is 0 Å². The summed E-state index contributed by atoms with van der Waals surface area (Å²) in [5, 5.41) is 13.1. The first kappa shape index (κ1) is 25.7. The summed E-state index contributed by atoms with van der Waals surface area (Å²) >= 11 is 0. The zero-order chi connectivity index (χ0) is 26.6. The molecule has 0 aliphatic heterocycles. The lowest BCUT2D eigenvalue weighted by Gasteiger charge is -2.23. The van der Waals surface area contributed by atoms with Crippen molar-refractivity contribution in [2.24, 2.45) is 10.2 Å². The molecule has 11 heteroatoms. The number of hydrogen-bond acceptors (Lipinski definition) is 8. The summed E-state index contributed by atoms with van der Waals surface area (Å²) in [5.41, 5.74) is 8.60. The average Bonchev–Trinajstić information content (AvgIpc) is 3.21. The number of para-hydroxylation sites is 1. The highest BCUT2D eigenvalue weighted by atomic mass is 32.2. The third kappa shape index (κ3) is 5.12. The Morgan fingerprint density at radius 2 is 1.59 bits per heavy atom. The predicted octanol–water partition coefficient (Wildman–Crippen LogP) is 5.41. The molecule has 10 nitrogen and oxygen atoms in total. The SMILES string of the molecule is CCN(c1ccc(OC)cc1)S(=O)(=O)c1ccc(OC)cc1N=Nc1c(C)nn(-c2ccccc2)c1N. The predicted molar refractivity (Wildman–Crippen MR) is 143 cm³/mol. The summed E-state index contributed by atoms with van der Waals surface area (Å²) in [6, 6.07) is 20.7. The summed E-state index contributed by atoms with van der Waals surface area (Å²) in [6.07, 6.45) is 0. The van der Waals surface area contributed by atoms with Crippen LogP contribution in [0.4, 0.5) is 22.9 Å². The average molecular weight is 521 g/mol. The number of hydrogen-bond donors (Lipinski definition) is 1. The van der Waals surface area contributed by atoms with Gasteiger partial charge in [0.1, 0.15) is 22.1 Å². The highest BCUT2D eigenvalue weighted by molar-refractivity contribution is 7.93. The van der Waals surface area contributed by atoms with Crippen LogP contribution in [0, 0.1) is 6.92 Å². The molecule has 3 aromatic carbocycles. The van der Waals surface area contributed by atoms with Crippen LogP contribution >= 0.6 is 0 Å². The zero-order valence-corrected chi connectivity index (χ0v) is 21.8. The summed E-state index contributed by atoms with van der Waals surface area (Å²) < 4.78 is 40.9. The van der Waals surface area contributed by atoms with E-state index in [1.807, 2.05) is 30.3 Å². The van der Waals surface area contributed by atoms with Crippen LogP contribution in [0.15, 0.2) is 87.9 Å². The first-order chi connectivity index (χ1) is 17.8. The Morgan fingerprint density at radius 3 is 2.22 bits per heavy atom. The van der Waals surface area contributed by atoms with Crippen LogP contribution in [0.5, 0.6) is 11.5 Å². The molecule has 0 unspecified atom stereocenters. The van der Waals surface area contributed by atoms with Crippen molar-refractivity contribution in [2.45, 2.75) is 18.7 Å². The molecule has 0 amide bonds. The van der Waals surface area contributed by atoms with Gasteiger partial charge in [-0.3, -0.25) is 4.31 Å². The first-order valence-corrected chi connectivity index (χ1v) is 12.9. The van der Waals surface area contributed by atoms with Gasteiger partial charge in [0.25, 0.3) is 10.0 Å². The van der Waals surface area contributed by atoms with E-state index in [2.05, 4.69) is 15.3 Å². The summed E-state index contributed by atoms with van der Waals surface area (Å²) in [5.74, 6) is 1.35. The van der Waals surface area contributed by atoms with Crippen molar-refractivity contribution in [3.63, 3.8) is 0 Å². The molecule has 0 radical (unpaired) electrons. The minimum Gasteiger partial charge on any atom is -0.497 e. The molecule has 0 aliphatic rings. The molecule has 0 saturated carbocycles. The molecular weight excluding hydrogens is 492 g/mol. The number of nitrogen functional groups attached to an aromatic ring is 1. The number of aryl methyl sites for hydroxylation is 1. The van der Waals surface area contributed by atoms with Crippen LogP contribution in [0.1, 0.15) is 12.6 Å². The fourth-order valence-corrected chi connectivity index (χ4v) is 5.39. The van der Waals surface area contributed by atoms with E-state index >= 15 is 0 Å². The number of sulfonamides is 1. The largest absolute Gasteiger partial charge is 0.497 e. The molecule has 0 spiro atoms. The van der Waals surface area contributed by atoms with Crippen LogP contribution in [0.3, 0.4) is 0 Å². The van der Waals surface area contributed by atoms with Crippen molar-refractivity contribution in [3.05, 3.63) is 78.5 Å². The third-order valence-electron chi connectivity index (χ3n) is 5.70. The molecule has 1 heterocycles. The van der Waals surface area contributed by atoms with E-state index in [0.29, 0.717) is 28.6 Å². The van der Waals surface area contributed by atoms with E-state index in [9.17, 15) is 8.42 Å². The van der Waals surface area contributed by atoms with Gasteiger partial charge in [0, 0.05) is 12.6 Å². The molecule has 192 valence electrons. The second kappa shape index (κ2) is 10.7. The Labute approximate surface area is 216 Å². The minimum atomic E-state index is -4.01. The standard InChI is InChI=1S/C26H28N6O4S/c1-5-31(19-11-13-21(35-3)14-12-19)37(33,34)24-16-15-22(36-4)17-23(24)28-29-25-18(2)30-32(26(25)27)20-9-7-6-8-10-20/h6-17H,5,27H2,1-4H3. The van der Waals surface area contributed by atoms with Gasteiger partial charge in [-0.05, 0) is 62.4 Å². The summed E-state index contributed by atoms with van der Waals surface area (Å²) in [6.45, 7) is 3.72. The molecule has 0 bridgehead atoms. The van der Waals surface area contributed by atoms with Gasteiger partial charge < -0.3 is 15.2 Å². The zero-order valence-electron chi connectivity index (χ0n) is 21.0. The van der Waals surface area contributed by atoms with E-state index in [4.69, 9.17) is 15.2 Å². The molecule has 1 aromatic heterocycles. The Bertz CT molecular complexity index is 1520. The van der Waals surface area contributed by atoms with E-state index in [0.717, 1.165) is 5.69 Å². The van der Waals surface area contributed by atoms with Gasteiger partial charge in [-0.25, -0.2) is 13.1 Å². The molecule has 37 heavy (non-hydrogen) atoms. The highest BCUT2D eigenvalue weighted by Gasteiger charge is 2.27. The molecule has 0 atom stereocenters. The number of ether oxygens (including phenoxy) is 2. The van der Waals surface area contributed by atoms with E-state index < -0.39 is 10.0 Å². The summed E-state index contributed by atoms with van der Waals surface area (Å²) in [7, 11) is -0.967. The maximum atomic E-state index is 13.8. The van der Waals surface area contributed by atoms with Crippen LogP contribution in [0.2, 0.25) is 0 Å². The van der Waals surface area contributed by atoms with Crippen LogP contribution < -0.4 is 19.5 Å². The lowest BCUT2D eigenvalue weighted by Crippen LogP contribution is -2.30. The van der Waals surface area contributed by atoms with Crippen LogP contribution in [-0.4, -0.2) is 39.0 Å². The first-order valence-electron chi connectivity index (χ1n) is 11.5. The second-order valence-electron chi connectivity index (χ2n) is 7.97. The third-order valence-corrected chi connectivity index (χ3v) is 7.65. The topological polar surface area (TPSA) is 124 Å². The molecule has 0 saturated heterocycles. The lowest BCUT2D eigenvalue weighted by atomic mass is 10.3. The number of benzene rings is 3. The van der Waals surface area contributed by atoms with Crippen molar-refractivity contribution in [3.8, 4) is 17.2 Å². The quantitative estimate of drug-likeness (QED) is 0.294. The van der Waals surface area contributed by atoms with E-state index in [1.165, 1.54) is 23.5 Å². The number of methoxy groups -OCH3 is 2. The van der Waals surface area contributed by atoms with Crippen molar-refractivity contribution in [1.82, 2.24) is 9.78 Å². The molecule has 4 aromatic rings. The summed E-state index contributed by atoms with van der Waals surface area (Å²) in [4.78, 5) is -0.0265. The van der Waals surface area contributed by atoms with Crippen molar-refractivity contribution < 1.29 is 17.9 Å². The number of anilines is 2. The monoisotopic (exact) mass is 520 g/mol. The number of aromatic nitrogens is 2. The molecular formula is C26H28N6O4S. The minimum absolute atomic E-state index is 0.0265. The number of rotatable bonds is 9. The van der Waals surface area contributed by atoms with Gasteiger partial charge in [0.2, 0.25) is 0 Å². The maximum Gasteiger partial charge on any atom is 0.266 e. The molecule has 0 aliphatic carbocycles. The van der Waals surface area contributed by atoms with Gasteiger partial charge >= 0.3 is 0 Å². The van der Waals surface area contributed by atoms with Gasteiger partial charge in [0.15, 0.2) is 11.5 Å². The highest BCUT2D eigenvalue weighted by Crippen LogP contribution is 2.36. The lowest BCUT2D eigenvalue weighted by molar-refractivity contribution is 0.414. The Balaban J connectivity index is 1.77. The number of nitrogens with two attached hydrogens (primary N) is 1.